The van der Waals surface area contributed by atoms with Gasteiger partial charge in [-0.25, -0.2) is 4.79 Å². The Morgan fingerprint density at radius 1 is 1.19 bits per heavy atom. The molecule has 1 atom stereocenters. The number of carbonyl (C=O) groups is 1. The van der Waals surface area contributed by atoms with E-state index in [9.17, 15) is 18.0 Å². The van der Waals surface area contributed by atoms with Gasteiger partial charge in [0.2, 0.25) is 0 Å². The lowest BCUT2D eigenvalue weighted by atomic mass is 10.2. The van der Waals surface area contributed by atoms with Crippen LogP contribution in [0.25, 0.3) is 0 Å². The summed E-state index contributed by atoms with van der Waals surface area (Å²) in [6.07, 6.45) is -2.80. The quantitative estimate of drug-likeness (QED) is 0.791. The fraction of sp³-hybridized carbons (Fsp3) is 0.389. The van der Waals surface area contributed by atoms with Gasteiger partial charge >= 0.3 is 12.2 Å². The fourth-order valence-electron chi connectivity index (χ4n) is 2.89. The summed E-state index contributed by atoms with van der Waals surface area (Å²) >= 11 is 1.89. The number of halogens is 3. The van der Waals surface area contributed by atoms with Crippen LogP contribution in [0.2, 0.25) is 0 Å². The van der Waals surface area contributed by atoms with Crippen molar-refractivity contribution in [1.29, 1.82) is 0 Å². The smallest absolute Gasteiger partial charge is 0.416 e. The van der Waals surface area contributed by atoms with E-state index in [1.54, 1.807) is 6.26 Å². The molecule has 0 aliphatic carbocycles. The molecule has 2 amide bonds. The fourth-order valence-corrected chi connectivity index (χ4v) is 3.82. The Labute approximate surface area is 159 Å². The molecule has 5 nitrogen and oxygen atoms in total. The van der Waals surface area contributed by atoms with Crippen molar-refractivity contribution in [3.63, 3.8) is 0 Å². The number of hydrogen-bond acceptors (Lipinski definition) is 4. The highest BCUT2D eigenvalue weighted by Crippen LogP contribution is 2.30. The standard InChI is InChI=1S/C18H20F3N3O2S/c19-18(20,21)13-3-5-14(6-4-13)23-17(25)22-12-15(16-2-1-9-26-16)24-7-10-27-11-8-24/h1-6,9,15H,7-8,10-12H2,(H2,22,23,25)/t15-/m1/s1. The number of thioether (sulfide) groups is 1. The van der Waals surface area contributed by atoms with Gasteiger partial charge in [-0.05, 0) is 36.4 Å². The highest BCUT2D eigenvalue weighted by Gasteiger charge is 2.30. The lowest BCUT2D eigenvalue weighted by Crippen LogP contribution is -2.42. The summed E-state index contributed by atoms with van der Waals surface area (Å²) in [6, 6.07) is 7.46. The first-order valence-corrected chi connectivity index (χ1v) is 9.66. The van der Waals surface area contributed by atoms with Gasteiger partial charge < -0.3 is 15.1 Å². The number of hydrogen-bond donors (Lipinski definition) is 2. The molecule has 0 unspecified atom stereocenters. The van der Waals surface area contributed by atoms with Crippen LogP contribution < -0.4 is 10.6 Å². The number of alkyl halides is 3. The Hall–Kier alpha value is -2.13. The molecule has 0 bridgehead atoms. The van der Waals surface area contributed by atoms with Crippen molar-refractivity contribution in [2.45, 2.75) is 12.2 Å². The molecular weight excluding hydrogens is 379 g/mol. The predicted molar refractivity (Wildman–Crippen MR) is 98.8 cm³/mol. The highest BCUT2D eigenvalue weighted by molar-refractivity contribution is 7.99. The molecule has 3 rings (SSSR count). The molecule has 0 saturated carbocycles. The first-order valence-electron chi connectivity index (χ1n) is 8.51. The van der Waals surface area contributed by atoms with Crippen molar-refractivity contribution in [2.75, 3.05) is 36.5 Å². The van der Waals surface area contributed by atoms with Crippen LogP contribution in [0.5, 0.6) is 0 Å². The van der Waals surface area contributed by atoms with E-state index in [0.717, 1.165) is 42.5 Å². The molecule has 1 aliphatic rings. The van der Waals surface area contributed by atoms with Crippen molar-refractivity contribution in [2.24, 2.45) is 0 Å². The van der Waals surface area contributed by atoms with E-state index >= 15 is 0 Å². The van der Waals surface area contributed by atoms with Gasteiger partial charge in [-0.2, -0.15) is 24.9 Å². The maximum absolute atomic E-state index is 12.6. The lowest BCUT2D eigenvalue weighted by molar-refractivity contribution is -0.137. The first-order chi connectivity index (χ1) is 12.9. The van der Waals surface area contributed by atoms with Crippen molar-refractivity contribution < 1.29 is 22.4 Å². The Bertz CT molecular complexity index is 729. The van der Waals surface area contributed by atoms with Gasteiger partial charge in [0.25, 0.3) is 0 Å². The maximum atomic E-state index is 12.6. The Morgan fingerprint density at radius 2 is 1.89 bits per heavy atom. The Morgan fingerprint density at radius 3 is 2.48 bits per heavy atom. The van der Waals surface area contributed by atoms with Gasteiger partial charge in [-0.15, -0.1) is 0 Å². The zero-order chi connectivity index (χ0) is 19.3. The van der Waals surface area contributed by atoms with Crippen molar-refractivity contribution in [3.05, 3.63) is 54.0 Å². The van der Waals surface area contributed by atoms with Crippen molar-refractivity contribution >= 4 is 23.5 Å². The van der Waals surface area contributed by atoms with Crippen LogP contribution >= 0.6 is 11.8 Å². The van der Waals surface area contributed by atoms with Crippen LogP contribution in [0.3, 0.4) is 0 Å². The Balaban J connectivity index is 1.57. The number of nitrogens with zero attached hydrogens (tertiary/aromatic N) is 1. The van der Waals surface area contributed by atoms with Gasteiger partial charge in [-0.1, -0.05) is 0 Å². The van der Waals surface area contributed by atoms with Gasteiger partial charge in [-0.3, -0.25) is 4.90 Å². The molecule has 27 heavy (non-hydrogen) atoms. The largest absolute Gasteiger partial charge is 0.468 e. The topological polar surface area (TPSA) is 57.5 Å². The molecule has 0 radical (unpaired) electrons. The summed E-state index contributed by atoms with van der Waals surface area (Å²) in [5.41, 5.74) is -0.460. The van der Waals surface area contributed by atoms with E-state index in [2.05, 4.69) is 15.5 Å². The number of anilines is 1. The van der Waals surface area contributed by atoms with Crippen LogP contribution in [0.1, 0.15) is 17.4 Å². The number of urea groups is 1. The van der Waals surface area contributed by atoms with E-state index in [0.29, 0.717) is 12.2 Å². The van der Waals surface area contributed by atoms with E-state index in [4.69, 9.17) is 4.42 Å². The average molecular weight is 399 g/mol. The number of rotatable bonds is 5. The minimum atomic E-state index is -4.40. The average Bonchev–Trinajstić information content (AvgIpc) is 3.17. The number of carbonyl (C=O) groups excluding carboxylic acids is 1. The summed E-state index contributed by atoms with van der Waals surface area (Å²) in [5, 5.41) is 5.33. The van der Waals surface area contributed by atoms with Crippen LogP contribution in [0.4, 0.5) is 23.7 Å². The van der Waals surface area contributed by atoms with Crippen molar-refractivity contribution in [3.8, 4) is 0 Å². The molecular formula is C18H20F3N3O2S. The number of nitrogens with one attached hydrogen (secondary N) is 2. The monoisotopic (exact) mass is 399 g/mol. The lowest BCUT2D eigenvalue weighted by Gasteiger charge is -2.33. The second-order valence-electron chi connectivity index (χ2n) is 6.09. The second-order valence-corrected chi connectivity index (χ2v) is 7.31. The molecule has 1 fully saturated rings. The molecule has 0 spiro atoms. The minimum absolute atomic E-state index is 0.0840. The number of furan rings is 1. The van der Waals surface area contributed by atoms with Crippen LogP contribution in [-0.4, -0.2) is 42.1 Å². The number of amides is 2. The zero-order valence-electron chi connectivity index (χ0n) is 14.5. The van der Waals surface area contributed by atoms with Crippen LogP contribution in [-0.2, 0) is 6.18 Å². The Kier molecular flexibility index (Phi) is 6.33. The van der Waals surface area contributed by atoms with E-state index < -0.39 is 17.8 Å². The van der Waals surface area contributed by atoms with E-state index in [-0.39, 0.29) is 6.04 Å². The van der Waals surface area contributed by atoms with E-state index in [1.165, 1.54) is 12.1 Å². The van der Waals surface area contributed by atoms with Crippen LogP contribution in [0.15, 0.2) is 47.1 Å². The van der Waals surface area contributed by atoms with Gasteiger partial charge in [0.05, 0.1) is 17.9 Å². The summed E-state index contributed by atoms with van der Waals surface area (Å²) in [4.78, 5) is 14.4. The van der Waals surface area contributed by atoms with Gasteiger partial charge in [0, 0.05) is 36.8 Å². The maximum Gasteiger partial charge on any atom is 0.416 e. The third-order valence-electron chi connectivity index (χ3n) is 4.28. The molecule has 1 aromatic carbocycles. The summed E-state index contributed by atoms with van der Waals surface area (Å²) in [7, 11) is 0. The van der Waals surface area contributed by atoms with Gasteiger partial charge in [0.1, 0.15) is 5.76 Å². The third-order valence-corrected chi connectivity index (χ3v) is 5.23. The third kappa shape index (κ3) is 5.43. The second kappa shape index (κ2) is 8.71. The summed E-state index contributed by atoms with van der Waals surface area (Å²) in [6.45, 7) is 2.14. The van der Waals surface area contributed by atoms with Gasteiger partial charge in [0.15, 0.2) is 0 Å². The van der Waals surface area contributed by atoms with E-state index in [1.807, 2.05) is 23.9 Å². The molecule has 9 heteroatoms. The molecule has 2 heterocycles. The zero-order valence-corrected chi connectivity index (χ0v) is 15.3. The SMILES string of the molecule is O=C(NC[C@H](c1ccco1)N1CCSCC1)Nc1ccc(C(F)(F)F)cc1. The van der Waals surface area contributed by atoms with Crippen LogP contribution in [0, 0.1) is 0 Å². The molecule has 2 N–H and O–H groups in total. The van der Waals surface area contributed by atoms with Crippen molar-refractivity contribution in [1.82, 2.24) is 10.2 Å². The summed E-state index contributed by atoms with van der Waals surface area (Å²) in [5.74, 6) is 2.82. The normalized spacial score (nSPS) is 16.7. The molecule has 146 valence electrons. The summed E-state index contributed by atoms with van der Waals surface area (Å²) < 4.78 is 43.3. The molecule has 1 saturated heterocycles. The molecule has 2 aromatic rings. The minimum Gasteiger partial charge on any atom is -0.468 e. The molecule has 1 aliphatic heterocycles. The number of benzene rings is 1. The predicted octanol–water partition coefficient (Wildman–Crippen LogP) is 4.21. The first kappa shape index (κ1) is 19.6. The molecule has 1 aromatic heterocycles. The highest BCUT2D eigenvalue weighted by atomic mass is 32.2.